The van der Waals surface area contributed by atoms with Gasteiger partial charge in [0.05, 0.1) is 18.8 Å². The minimum atomic E-state index is -1.64. The van der Waals surface area contributed by atoms with Crippen LogP contribution in [0.3, 0.4) is 0 Å². The van der Waals surface area contributed by atoms with E-state index in [9.17, 15) is 30.3 Å². The molecule has 0 bridgehead atoms. The Kier molecular flexibility index (Phi) is 4.71. The smallest absolute Gasteiger partial charge is 0.303 e. The molecule has 0 aromatic heterocycles. The van der Waals surface area contributed by atoms with Crippen LogP contribution >= 0.6 is 0 Å². The highest BCUT2D eigenvalue weighted by Gasteiger charge is 2.80. The normalized spacial score (nSPS) is 54.5. The van der Waals surface area contributed by atoms with Crippen molar-refractivity contribution in [3.63, 3.8) is 0 Å². The number of epoxide rings is 1. The third-order valence-corrected chi connectivity index (χ3v) is 5.96. The first-order valence-electron chi connectivity index (χ1n) is 9.00. The second kappa shape index (κ2) is 6.61. The highest BCUT2D eigenvalue weighted by molar-refractivity contribution is 5.66. The summed E-state index contributed by atoms with van der Waals surface area (Å²) in [6.07, 6.45) is -7.57. The van der Waals surface area contributed by atoms with Gasteiger partial charge in [-0.25, -0.2) is 0 Å². The molecule has 11 atom stereocenters. The fraction of sp³-hybridized carbons (Fsp3) is 0.824. The lowest BCUT2D eigenvalue weighted by Crippen LogP contribution is -2.62. The second-order valence-corrected chi connectivity index (χ2v) is 7.76. The van der Waals surface area contributed by atoms with E-state index in [2.05, 4.69) is 0 Å². The maximum Gasteiger partial charge on any atom is 0.303 e. The average molecular weight is 404 g/mol. The summed E-state index contributed by atoms with van der Waals surface area (Å²) in [6, 6.07) is 0. The molecule has 0 aromatic rings. The maximum absolute atomic E-state index is 11.5. The predicted molar refractivity (Wildman–Crippen MR) is 86.1 cm³/mol. The SMILES string of the molecule is CC(=O)O[C@@H]1[C@@H]2O[C@]2(C)[C@H]2[C@H](O[C@@H]3O[C@H](CO)[C@@H](O)[C@H](O)[C@H]3O)OC=C[C@@]12O. The molecule has 0 aromatic carbocycles. The molecule has 11 heteroatoms. The third-order valence-electron chi connectivity index (χ3n) is 5.96. The maximum atomic E-state index is 11.5. The van der Waals surface area contributed by atoms with E-state index in [0.717, 1.165) is 0 Å². The minimum Gasteiger partial charge on any atom is -0.472 e. The summed E-state index contributed by atoms with van der Waals surface area (Å²) in [4.78, 5) is 11.5. The van der Waals surface area contributed by atoms with Crippen molar-refractivity contribution in [2.24, 2.45) is 5.92 Å². The van der Waals surface area contributed by atoms with Crippen molar-refractivity contribution >= 4 is 5.97 Å². The van der Waals surface area contributed by atoms with E-state index in [0.29, 0.717) is 0 Å². The third kappa shape index (κ3) is 2.77. The molecular weight excluding hydrogens is 380 g/mol. The average Bonchev–Trinajstić information content (AvgIpc) is 3.26. The molecule has 5 N–H and O–H groups in total. The molecule has 0 radical (unpaired) electrons. The number of esters is 1. The Labute approximate surface area is 160 Å². The van der Waals surface area contributed by atoms with E-state index in [-0.39, 0.29) is 0 Å². The van der Waals surface area contributed by atoms with Crippen LogP contribution in [-0.2, 0) is 28.5 Å². The molecular formula is C17H24O11. The van der Waals surface area contributed by atoms with E-state index in [1.807, 2.05) is 0 Å². The van der Waals surface area contributed by atoms with Gasteiger partial charge in [-0.1, -0.05) is 0 Å². The van der Waals surface area contributed by atoms with Crippen molar-refractivity contribution < 1.29 is 54.0 Å². The molecule has 158 valence electrons. The van der Waals surface area contributed by atoms with E-state index < -0.39 is 78.9 Å². The summed E-state index contributed by atoms with van der Waals surface area (Å²) in [6.45, 7) is 2.32. The van der Waals surface area contributed by atoms with Crippen molar-refractivity contribution in [1.82, 2.24) is 0 Å². The first kappa shape index (κ1) is 20.0. The Morgan fingerprint density at radius 1 is 1.18 bits per heavy atom. The largest absolute Gasteiger partial charge is 0.472 e. The van der Waals surface area contributed by atoms with E-state index >= 15 is 0 Å². The van der Waals surface area contributed by atoms with Gasteiger partial charge in [-0.15, -0.1) is 0 Å². The fourth-order valence-electron chi connectivity index (χ4n) is 4.48. The van der Waals surface area contributed by atoms with Gasteiger partial charge in [-0.3, -0.25) is 4.79 Å². The van der Waals surface area contributed by atoms with Gasteiger partial charge in [0.15, 0.2) is 12.4 Å². The van der Waals surface area contributed by atoms with Gasteiger partial charge in [-0.2, -0.15) is 0 Å². The Balaban J connectivity index is 1.57. The molecule has 0 amide bonds. The predicted octanol–water partition coefficient (Wildman–Crippen LogP) is -2.88. The lowest BCUT2D eigenvalue weighted by Gasteiger charge is -2.45. The summed E-state index contributed by atoms with van der Waals surface area (Å²) >= 11 is 0. The number of aliphatic hydroxyl groups excluding tert-OH is 4. The molecule has 1 saturated carbocycles. The number of carbonyl (C=O) groups excluding carboxylic acids is 1. The Hall–Kier alpha value is -1.31. The molecule has 0 unspecified atom stereocenters. The molecule has 4 rings (SSSR count). The quantitative estimate of drug-likeness (QED) is 0.241. The van der Waals surface area contributed by atoms with E-state index in [1.165, 1.54) is 19.3 Å². The summed E-state index contributed by atoms with van der Waals surface area (Å²) in [5.74, 6) is -1.42. The van der Waals surface area contributed by atoms with Crippen molar-refractivity contribution in [3.05, 3.63) is 12.3 Å². The van der Waals surface area contributed by atoms with Crippen LogP contribution in [0.2, 0.25) is 0 Å². The molecule has 4 aliphatic rings. The van der Waals surface area contributed by atoms with Gasteiger partial charge >= 0.3 is 5.97 Å². The molecule has 0 spiro atoms. The number of aliphatic hydroxyl groups is 5. The van der Waals surface area contributed by atoms with Crippen LogP contribution in [0.15, 0.2) is 12.3 Å². The number of ether oxygens (including phenoxy) is 5. The van der Waals surface area contributed by atoms with Crippen LogP contribution in [0.5, 0.6) is 0 Å². The molecule has 11 nitrogen and oxygen atoms in total. The zero-order valence-corrected chi connectivity index (χ0v) is 15.2. The lowest BCUT2D eigenvalue weighted by molar-refractivity contribution is -0.350. The summed E-state index contributed by atoms with van der Waals surface area (Å²) in [7, 11) is 0. The standard InChI is InChI=1S/C17H24O11/c1-6(19)25-13-12-16(2,28-12)11-15(24-4-3-17(11,13)23)27-14-10(22)9(21)8(20)7(5-18)26-14/h3-4,7-15,18,20-23H,5H2,1-2H3/t7-,8-,9+,10-,11-,12+,13-,14+,15+,16-,17+/m1/s1. The van der Waals surface area contributed by atoms with Crippen LogP contribution in [0, 0.1) is 5.92 Å². The van der Waals surface area contributed by atoms with Gasteiger partial charge in [0.1, 0.15) is 41.7 Å². The number of rotatable bonds is 4. The van der Waals surface area contributed by atoms with E-state index in [1.54, 1.807) is 6.92 Å². The Morgan fingerprint density at radius 3 is 2.54 bits per heavy atom. The van der Waals surface area contributed by atoms with Crippen molar-refractivity contribution in [2.45, 2.75) is 74.3 Å². The number of carbonyl (C=O) groups is 1. The topological polar surface area (TPSA) is 168 Å². The van der Waals surface area contributed by atoms with Gasteiger partial charge in [0.25, 0.3) is 0 Å². The number of hydrogen-bond donors (Lipinski definition) is 5. The first-order valence-corrected chi connectivity index (χ1v) is 9.00. The van der Waals surface area contributed by atoms with Crippen LogP contribution in [0.1, 0.15) is 13.8 Å². The highest BCUT2D eigenvalue weighted by Crippen LogP contribution is 2.62. The fourth-order valence-corrected chi connectivity index (χ4v) is 4.48. The van der Waals surface area contributed by atoms with Gasteiger partial charge in [0.2, 0.25) is 6.29 Å². The molecule has 3 aliphatic heterocycles. The zero-order chi connectivity index (χ0) is 20.4. The van der Waals surface area contributed by atoms with Crippen molar-refractivity contribution in [1.29, 1.82) is 0 Å². The van der Waals surface area contributed by atoms with E-state index in [4.69, 9.17) is 23.7 Å². The second-order valence-electron chi connectivity index (χ2n) is 7.76. The van der Waals surface area contributed by atoms with Gasteiger partial charge in [0, 0.05) is 6.92 Å². The van der Waals surface area contributed by atoms with Crippen molar-refractivity contribution in [2.75, 3.05) is 6.61 Å². The van der Waals surface area contributed by atoms with Crippen LogP contribution in [-0.4, -0.2) is 98.5 Å². The Morgan fingerprint density at radius 2 is 1.89 bits per heavy atom. The number of hydrogen-bond acceptors (Lipinski definition) is 11. The van der Waals surface area contributed by atoms with Crippen molar-refractivity contribution in [3.8, 4) is 0 Å². The van der Waals surface area contributed by atoms with Crippen LogP contribution in [0.25, 0.3) is 0 Å². The summed E-state index contributed by atoms with van der Waals surface area (Å²) < 4.78 is 27.4. The monoisotopic (exact) mass is 404 g/mol. The molecule has 3 fully saturated rings. The van der Waals surface area contributed by atoms with Gasteiger partial charge < -0.3 is 49.2 Å². The minimum absolute atomic E-state index is 0.571. The Bertz CT molecular complexity index is 667. The molecule has 1 aliphatic carbocycles. The van der Waals surface area contributed by atoms with Crippen LogP contribution < -0.4 is 0 Å². The number of fused-ring (bicyclic) bond motifs is 3. The zero-order valence-electron chi connectivity index (χ0n) is 15.2. The first-order chi connectivity index (χ1) is 13.1. The molecule has 28 heavy (non-hydrogen) atoms. The van der Waals surface area contributed by atoms with Crippen LogP contribution in [0.4, 0.5) is 0 Å². The summed E-state index contributed by atoms with van der Waals surface area (Å²) in [5, 5.41) is 50.5. The van der Waals surface area contributed by atoms with Gasteiger partial charge in [-0.05, 0) is 13.0 Å². The molecule has 3 heterocycles. The highest BCUT2D eigenvalue weighted by atomic mass is 16.8. The lowest BCUT2D eigenvalue weighted by atomic mass is 9.82. The molecule has 2 saturated heterocycles. The summed E-state index contributed by atoms with van der Waals surface area (Å²) in [5.41, 5.74) is -2.56.